The van der Waals surface area contributed by atoms with Gasteiger partial charge in [0.1, 0.15) is 0 Å². The lowest BCUT2D eigenvalue weighted by Gasteiger charge is -2.16. The Morgan fingerprint density at radius 3 is 2.90 bits per heavy atom. The van der Waals surface area contributed by atoms with Crippen LogP contribution in [0.2, 0.25) is 0 Å². The molecule has 0 bridgehead atoms. The molecule has 5 nitrogen and oxygen atoms in total. The second-order valence-corrected chi connectivity index (χ2v) is 8.22. The standard InChI is InChI=1S/C24H30N4O/c29-24(27-23-12-14-28(18-23)17-19-5-2-1-3-6-19)8-4-7-22-15-20(11-13-25-22)16-26-21-9-10-21/h1-3,5-6,11,13,15-16,21,23H,4,7-10,12,14,17-18H2,(H,27,29). The molecule has 1 aliphatic heterocycles. The number of aromatic nitrogens is 1. The van der Waals surface area contributed by atoms with E-state index in [9.17, 15) is 4.79 Å². The monoisotopic (exact) mass is 390 g/mol. The van der Waals surface area contributed by atoms with Gasteiger partial charge in [-0.2, -0.15) is 0 Å². The van der Waals surface area contributed by atoms with Crippen molar-refractivity contribution in [3.05, 3.63) is 65.5 Å². The van der Waals surface area contributed by atoms with Crippen LogP contribution in [0.4, 0.5) is 0 Å². The number of aliphatic imine (C=N–C) groups is 1. The first-order chi connectivity index (χ1) is 14.2. The Balaban J connectivity index is 1.15. The molecule has 4 rings (SSSR count). The van der Waals surface area contributed by atoms with Gasteiger partial charge in [-0.3, -0.25) is 19.7 Å². The molecule has 2 aliphatic rings. The zero-order valence-electron chi connectivity index (χ0n) is 17.0. The topological polar surface area (TPSA) is 57.6 Å². The van der Waals surface area contributed by atoms with Gasteiger partial charge in [0, 0.05) is 50.2 Å². The van der Waals surface area contributed by atoms with E-state index >= 15 is 0 Å². The van der Waals surface area contributed by atoms with Crippen molar-refractivity contribution in [3.8, 4) is 0 Å². The van der Waals surface area contributed by atoms with Crippen LogP contribution in [-0.2, 0) is 17.8 Å². The van der Waals surface area contributed by atoms with E-state index in [1.165, 1.54) is 18.4 Å². The number of carbonyl (C=O) groups excluding carboxylic acids is 1. The van der Waals surface area contributed by atoms with Crippen molar-refractivity contribution >= 4 is 12.1 Å². The highest BCUT2D eigenvalue weighted by molar-refractivity contribution is 5.79. The molecule has 29 heavy (non-hydrogen) atoms. The third-order valence-corrected chi connectivity index (χ3v) is 5.55. The molecule has 2 aromatic rings. The maximum atomic E-state index is 12.3. The molecule has 1 amide bonds. The molecule has 2 fully saturated rings. The maximum Gasteiger partial charge on any atom is 0.220 e. The average molecular weight is 391 g/mol. The number of nitrogens with zero attached hydrogens (tertiary/aromatic N) is 3. The van der Waals surface area contributed by atoms with E-state index in [4.69, 9.17) is 0 Å². The molecular formula is C24H30N4O. The predicted octanol–water partition coefficient (Wildman–Crippen LogP) is 3.38. The molecule has 5 heteroatoms. The smallest absolute Gasteiger partial charge is 0.220 e. The zero-order valence-corrected chi connectivity index (χ0v) is 17.0. The number of nitrogens with one attached hydrogen (secondary N) is 1. The molecule has 1 aromatic heterocycles. The second-order valence-electron chi connectivity index (χ2n) is 8.22. The molecule has 1 saturated heterocycles. The van der Waals surface area contributed by atoms with E-state index in [0.717, 1.165) is 50.2 Å². The fraction of sp³-hybridized carbons (Fsp3) is 0.458. The van der Waals surface area contributed by atoms with Crippen molar-refractivity contribution in [2.24, 2.45) is 4.99 Å². The number of pyridine rings is 1. The van der Waals surface area contributed by atoms with Gasteiger partial charge in [0.25, 0.3) is 0 Å². The number of carbonyl (C=O) groups is 1. The Kier molecular flexibility index (Phi) is 6.67. The molecule has 1 aromatic carbocycles. The molecular weight excluding hydrogens is 360 g/mol. The Hall–Kier alpha value is -2.53. The number of aryl methyl sites for hydroxylation is 1. The van der Waals surface area contributed by atoms with Crippen LogP contribution in [0.15, 0.2) is 53.7 Å². The first-order valence-electron chi connectivity index (χ1n) is 10.8. The lowest BCUT2D eigenvalue weighted by molar-refractivity contribution is -0.121. The van der Waals surface area contributed by atoms with Crippen molar-refractivity contribution < 1.29 is 4.79 Å². The van der Waals surface area contributed by atoms with E-state index in [1.807, 2.05) is 24.5 Å². The van der Waals surface area contributed by atoms with Crippen LogP contribution in [0.1, 0.15) is 48.9 Å². The van der Waals surface area contributed by atoms with E-state index in [0.29, 0.717) is 12.5 Å². The minimum Gasteiger partial charge on any atom is -0.352 e. The van der Waals surface area contributed by atoms with Gasteiger partial charge in [0.15, 0.2) is 0 Å². The number of hydrogen-bond donors (Lipinski definition) is 1. The first-order valence-corrected chi connectivity index (χ1v) is 10.8. The Bertz CT molecular complexity index is 832. The first kappa shape index (κ1) is 19.8. The van der Waals surface area contributed by atoms with Crippen molar-refractivity contribution in [1.29, 1.82) is 0 Å². The number of benzene rings is 1. The summed E-state index contributed by atoms with van der Waals surface area (Å²) < 4.78 is 0. The molecule has 1 aliphatic carbocycles. The van der Waals surface area contributed by atoms with Gasteiger partial charge in [-0.15, -0.1) is 0 Å². The van der Waals surface area contributed by atoms with Gasteiger partial charge >= 0.3 is 0 Å². The molecule has 152 valence electrons. The third-order valence-electron chi connectivity index (χ3n) is 5.55. The van der Waals surface area contributed by atoms with Gasteiger partial charge in [-0.05, 0) is 55.4 Å². The van der Waals surface area contributed by atoms with E-state index in [1.54, 1.807) is 0 Å². The summed E-state index contributed by atoms with van der Waals surface area (Å²) in [5.74, 6) is 0.156. The number of rotatable bonds is 9. The Morgan fingerprint density at radius 1 is 1.21 bits per heavy atom. The fourth-order valence-corrected chi connectivity index (χ4v) is 3.79. The minimum absolute atomic E-state index is 0.156. The SMILES string of the molecule is O=C(CCCc1cc(C=NC2CC2)ccn1)NC1CCN(Cc2ccccc2)C1. The summed E-state index contributed by atoms with van der Waals surface area (Å²) in [7, 11) is 0. The quantitative estimate of drug-likeness (QED) is 0.668. The summed E-state index contributed by atoms with van der Waals surface area (Å²) in [6.07, 6.45) is 9.45. The summed E-state index contributed by atoms with van der Waals surface area (Å²) >= 11 is 0. The van der Waals surface area contributed by atoms with Gasteiger partial charge in [-0.1, -0.05) is 30.3 Å². The highest BCUT2D eigenvalue weighted by Gasteiger charge is 2.23. The summed E-state index contributed by atoms with van der Waals surface area (Å²) in [5, 5.41) is 3.21. The van der Waals surface area contributed by atoms with Crippen LogP contribution in [0.3, 0.4) is 0 Å². The second kappa shape index (κ2) is 9.79. The highest BCUT2D eigenvalue weighted by Crippen LogP contribution is 2.23. The number of hydrogen-bond acceptors (Lipinski definition) is 4. The van der Waals surface area contributed by atoms with Crippen molar-refractivity contribution in [2.45, 2.75) is 57.2 Å². The normalized spacial score (nSPS) is 19.7. The highest BCUT2D eigenvalue weighted by atomic mass is 16.1. The minimum atomic E-state index is 0.156. The average Bonchev–Trinajstić information content (AvgIpc) is 3.47. The lowest BCUT2D eigenvalue weighted by Crippen LogP contribution is -2.36. The maximum absolute atomic E-state index is 12.3. The summed E-state index contributed by atoms with van der Waals surface area (Å²) in [4.78, 5) is 23.7. The van der Waals surface area contributed by atoms with Crippen LogP contribution in [0.25, 0.3) is 0 Å². The van der Waals surface area contributed by atoms with Crippen LogP contribution >= 0.6 is 0 Å². The lowest BCUT2D eigenvalue weighted by atomic mass is 10.1. The molecule has 1 atom stereocenters. The van der Waals surface area contributed by atoms with Crippen LogP contribution in [0, 0.1) is 0 Å². The molecule has 1 N–H and O–H groups in total. The summed E-state index contributed by atoms with van der Waals surface area (Å²) in [5.41, 5.74) is 3.47. The van der Waals surface area contributed by atoms with Gasteiger partial charge in [0.05, 0.1) is 6.04 Å². The van der Waals surface area contributed by atoms with E-state index < -0.39 is 0 Å². The summed E-state index contributed by atoms with van der Waals surface area (Å²) in [6, 6.07) is 15.4. The molecule has 1 unspecified atom stereocenters. The summed E-state index contributed by atoms with van der Waals surface area (Å²) in [6.45, 7) is 2.93. The van der Waals surface area contributed by atoms with E-state index in [2.05, 4.69) is 50.5 Å². The molecule has 1 saturated carbocycles. The third kappa shape index (κ3) is 6.50. The zero-order chi connectivity index (χ0) is 19.9. The van der Waals surface area contributed by atoms with Crippen molar-refractivity contribution in [3.63, 3.8) is 0 Å². The molecule has 2 heterocycles. The van der Waals surface area contributed by atoms with Crippen LogP contribution in [0.5, 0.6) is 0 Å². The number of likely N-dealkylation sites (tertiary alicyclic amines) is 1. The Labute approximate surface area is 173 Å². The largest absolute Gasteiger partial charge is 0.352 e. The Morgan fingerprint density at radius 2 is 2.07 bits per heavy atom. The molecule has 0 radical (unpaired) electrons. The predicted molar refractivity (Wildman–Crippen MR) is 116 cm³/mol. The van der Waals surface area contributed by atoms with Crippen molar-refractivity contribution in [1.82, 2.24) is 15.2 Å². The van der Waals surface area contributed by atoms with Gasteiger partial charge in [0.2, 0.25) is 5.91 Å². The van der Waals surface area contributed by atoms with Gasteiger partial charge < -0.3 is 5.32 Å². The molecule has 0 spiro atoms. The number of amides is 1. The van der Waals surface area contributed by atoms with Crippen LogP contribution in [-0.4, -0.2) is 47.2 Å². The van der Waals surface area contributed by atoms with Gasteiger partial charge in [-0.25, -0.2) is 0 Å². The van der Waals surface area contributed by atoms with E-state index in [-0.39, 0.29) is 11.9 Å². The van der Waals surface area contributed by atoms with Crippen LogP contribution < -0.4 is 5.32 Å². The van der Waals surface area contributed by atoms with Crippen molar-refractivity contribution in [2.75, 3.05) is 13.1 Å². The fourth-order valence-electron chi connectivity index (χ4n) is 3.79.